The zero-order valence-electron chi connectivity index (χ0n) is 16.2. The van der Waals surface area contributed by atoms with E-state index in [1.807, 2.05) is 6.07 Å². The van der Waals surface area contributed by atoms with Gasteiger partial charge in [0.25, 0.3) is 0 Å². The van der Waals surface area contributed by atoms with Crippen molar-refractivity contribution in [3.63, 3.8) is 0 Å². The Morgan fingerprint density at radius 2 is 1.88 bits per heavy atom. The number of anilines is 1. The van der Waals surface area contributed by atoms with Crippen LogP contribution in [0.4, 0.5) is 5.95 Å². The number of piperazine rings is 1. The largest absolute Gasteiger partial charge is 0.352 e. The van der Waals surface area contributed by atoms with Gasteiger partial charge in [-0.25, -0.2) is 9.97 Å². The first-order chi connectivity index (χ1) is 12.4. The van der Waals surface area contributed by atoms with Gasteiger partial charge in [-0.05, 0) is 42.1 Å². The van der Waals surface area contributed by atoms with Crippen LogP contribution in [-0.4, -0.2) is 59.5 Å². The monoisotopic (exact) mass is 357 g/mol. The van der Waals surface area contributed by atoms with Gasteiger partial charge in [0.1, 0.15) is 0 Å². The molecule has 2 heterocycles. The van der Waals surface area contributed by atoms with E-state index in [1.54, 1.807) is 12.4 Å². The molecule has 4 rings (SSSR count). The van der Waals surface area contributed by atoms with Crippen molar-refractivity contribution in [1.82, 2.24) is 20.2 Å². The van der Waals surface area contributed by atoms with E-state index in [1.165, 1.54) is 12.8 Å². The number of hydrogen-bond acceptors (Lipinski definition) is 5. The van der Waals surface area contributed by atoms with Crippen molar-refractivity contribution in [2.24, 2.45) is 16.7 Å². The summed E-state index contributed by atoms with van der Waals surface area (Å²) in [6.07, 6.45) is 7.26. The van der Waals surface area contributed by atoms with E-state index < -0.39 is 0 Å². The normalized spacial score (nSPS) is 33.4. The third-order valence-electron chi connectivity index (χ3n) is 7.70. The highest BCUT2D eigenvalue weighted by molar-refractivity contribution is 5.78. The average molecular weight is 358 g/mol. The van der Waals surface area contributed by atoms with Crippen molar-refractivity contribution in [3.05, 3.63) is 18.5 Å². The van der Waals surface area contributed by atoms with Gasteiger partial charge >= 0.3 is 0 Å². The third kappa shape index (κ3) is 2.88. The summed E-state index contributed by atoms with van der Waals surface area (Å²) in [4.78, 5) is 25.7. The van der Waals surface area contributed by atoms with E-state index in [0.717, 1.165) is 44.5 Å². The van der Waals surface area contributed by atoms with Crippen LogP contribution in [0.1, 0.15) is 40.0 Å². The summed E-state index contributed by atoms with van der Waals surface area (Å²) in [6.45, 7) is 11.2. The van der Waals surface area contributed by atoms with Gasteiger partial charge in [0.15, 0.2) is 0 Å². The lowest BCUT2D eigenvalue weighted by Gasteiger charge is -2.40. The molecule has 1 aromatic rings. The van der Waals surface area contributed by atoms with Crippen molar-refractivity contribution in [3.8, 4) is 0 Å². The Morgan fingerprint density at radius 1 is 1.19 bits per heavy atom. The van der Waals surface area contributed by atoms with Crippen LogP contribution >= 0.6 is 0 Å². The molecule has 1 aromatic heterocycles. The zero-order valence-corrected chi connectivity index (χ0v) is 16.2. The van der Waals surface area contributed by atoms with Crippen LogP contribution in [0.3, 0.4) is 0 Å². The third-order valence-corrected chi connectivity index (χ3v) is 7.70. The molecular weight excluding hydrogens is 326 g/mol. The molecule has 3 unspecified atom stereocenters. The number of nitrogens with one attached hydrogen (secondary N) is 1. The molecule has 3 atom stereocenters. The molecule has 1 N–H and O–H groups in total. The van der Waals surface area contributed by atoms with E-state index in [4.69, 9.17) is 0 Å². The fourth-order valence-electron chi connectivity index (χ4n) is 5.43. The Morgan fingerprint density at radius 3 is 2.46 bits per heavy atom. The van der Waals surface area contributed by atoms with Crippen LogP contribution in [0.15, 0.2) is 18.5 Å². The highest BCUT2D eigenvalue weighted by Gasteiger charge is 2.61. The highest BCUT2D eigenvalue weighted by atomic mass is 16.2. The van der Waals surface area contributed by atoms with Crippen LogP contribution in [0.2, 0.25) is 0 Å². The Hall–Kier alpha value is -1.69. The minimum absolute atomic E-state index is 0.184. The summed E-state index contributed by atoms with van der Waals surface area (Å²) in [5.41, 5.74) is 0.586. The predicted molar refractivity (Wildman–Crippen MR) is 102 cm³/mol. The Kier molecular flexibility index (Phi) is 4.41. The number of fused-ring (bicyclic) bond motifs is 2. The van der Waals surface area contributed by atoms with Gasteiger partial charge in [0.2, 0.25) is 11.9 Å². The first-order valence-electron chi connectivity index (χ1n) is 9.94. The number of rotatable bonds is 4. The van der Waals surface area contributed by atoms with Crippen LogP contribution < -0.4 is 10.2 Å². The second-order valence-electron chi connectivity index (χ2n) is 9.04. The van der Waals surface area contributed by atoms with Crippen LogP contribution in [-0.2, 0) is 4.79 Å². The first kappa shape index (κ1) is 17.7. The number of hydrogen-bond donors (Lipinski definition) is 1. The number of nitrogens with zero attached hydrogens (tertiary/aromatic N) is 4. The van der Waals surface area contributed by atoms with E-state index in [2.05, 4.69) is 45.9 Å². The van der Waals surface area contributed by atoms with Crippen LogP contribution in [0, 0.1) is 16.7 Å². The molecule has 3 aliphatic rings. The van der Waals surface area contributed by atoms with Gasteiger partial charge in [-0.15, -0.1) is 0 Å². The van der Waals surface area contributed by atoms with Gasteiger partial charge in [0.05, 0.1) is 6.54 Å². The highest BCUT2D eigenvalue weighted by Crippen LogP contribution is 2.65. The molecular formula is C20H31N5O. The fraction of sp³-hybridized carbons (Fsp3) is 0.750. The van der Waals surface area contributed by atoms with Gasteiger partial charge in [0, 0.05) is 44.6 Å². The maximum absolute atomic E-state index is 12.7. The standard InChI is InChI=1S/C20H31N5O/c1-19(2)15-5-6-20(19,3)16(13-15)23-17(26)14-24-9-11-25(12-10-24)18-21-7-4-8-22-18/h4,7-8,15-16H,5-6,9-14H2,1-3H3,(H,23,26). The van der Waals surface area contributed by atoms with Gasteiger partial charge in [-0.2, -0.15) is 0 Å². The second kappa shape index (κ2) is 6.48. The lowest BCUT2D eigenvalue weighted by Crippen LogP contribution is -2.53. The van der Waals surface area contributed by atoms with E-state index in [9.17, 15) is 4.79 Å². The molecule has 26 heavy (non-hydrogen) atoms. The Balaban J connectivity index is 1.28. The van der Waals surface area contributed by atoms with Crippen molar-refractivity contribution in [2.45, 2.75) is 46.1 Å². The van der Waals surface area contributed by atoms with Crippen molar-refractivity contribution in [1.29, 1.82) is 0 Å². The van der Waals surface area contributed by atoms with Crippen molar-refractivity contribution >= 4 is 11.9 Å². The van der Waals surface area contributed by atoms with E-state index in [0.29, 0.717) is 18.0 Å². The zero-order chi connectivity index (χ0) is 18.4. The topological polar surface area (TPSA) is 61.4 Å². The Labute approximate surface area is 156 Å². The number of carbonyl (C=O) groups excluding carboxylic acids is 1. The minimum atomic E-state index is 0.184. The van der Waals surface area contributed by atoms with Gasteiger partial charge in [-0.1, -0.05) is 20.8 Å². The fourth-order valence-corrected chi connectivity index (χ4v) is 5.43. The molecule has 6 heteroatoms. The molecule has 1 amide bonds. The molecule has 0 aromatic carbocycles. The quantitative estimate of drug-likeness (QED) is 0.892. The summed E-state index contributed by atoms with van der Waals surface area (Å²) >= 11 is 0. The van der Waals surface area contributed by atoms with Gasteiger partial charge in [-0.3, -0.25) is 9.69 Å². The molecule has 2 bridgehead atoms. The minimum Gasteiger partial charge on any atom is -0.352 e. The summed E-state index contributed by atoms with van der Waals surface area (Å²) in [7, 11) is 0. The molecule has 0 radical (unpaired) electrons. The number of amides is 1. The summed E-state index contributed by atoms with van der Waals surface area (Å²) in [5.74, 6) is 1.73. The summed E-state index contributed by atoms with van der Waals surface area (Å²) < 4.78 is 0. The maximum atomic E-state index is 12.7. The molecule has 142 valence electrons. The Bertz CT molecular complexity index is 655. The SMILES string of the molecule is CC1(C)C2CCC1(C)C(NC(=O)CN1CCN(c3ncccn3)CC1)C2. The second-order valence-corrected chi connectivity index (χ2v) is 9.04. The molecule has 1 aliphatic heterocycles. The lowest BCUT2D eigenvalue weighted by molar-refractivity contribution is -0.124. The average Bonchev–Trinajstić information content (AvgIpc) is 2.96. The van der Waals surface area contributed by atoms with Crippen LogP contribution in [0.5, 0.6) is 0 Å². The number of aromatic nitrogens is 2. The molecule has 2 saturated carbocycles. The smallest absolute Gasteiger partial charge is 0.234 e. The summed E-state index contributed by atoms with van der Waals surface area (Å²) in [6, 6.07) is 2.17. The molecule has 0 spiro atoms. The first-order valence-corrected chi connectivity index (χ1v) is 9.94. The molecule has 2 aliphatic carbocycles. The van der Waals surface area contributed by atoms with Crippen LogP contribution in [0.25, 0.3) is 0 Å². The molecule has 1 saturated heterocycles. The maximum Gasteiger partial charge on any atom is 0.234 e. The molecule has 6 nitrogen and oxygen atoms in total. The lowest BCUT2D eigenvalue weighted by atomic mass is 9.69. The van der Waals surface area contributed by atoms with Crippen molar-refractivity contribution < 1.29 is 4.79 Å². The predicted octanol–water partition coefficient (Wildman–Crippen LogP) is 1.93. The van der Waals surface area contributed by atoms with Crippen molar-refractivity contribution in [2.75, 3.05) is 37.6 Å². The number of carbonyl (C=O) groups is 1. The van der Waals surface area contributed by atoms with Gasteiger partial charge < -0.3 is 10.2 Å². The van der Waals surface area contributed by atoms with E-state index in [-0.39, 0.29) is 11.3 Å². The summed E-state index contributed by atoms with van der Waals surface area (Å²) in [5, 5.41) is 3.38. The molecule has 3 fully saturated rings. The van der Waals surface area contributed by atoms with E-state index >= 15 is 0 Å².